The highest BCUT2D eigenvalue weighted by molar-refractivity contribution is 5.83. The molecule has 0 aliphatic carbocycles. The van der Waals surface area contributed by atoms with E-state index in [1.807, 2.05) is 6.07 Å². The van der Waals surface area contributed by atoms with Crippen LogP contribution in [-0.4, -0.2) is 11.7 Å². The maximum atomic E-state index is 5.51. The van der Waals surface area contributed by atoms with Crippen molar-refractivity contribution in [2.75, 3.05) is 6.54 Å². The van der Waals surface area contributed by atoms with Crippen molar-refractivity contribution < 1.29 is 4.52 Å². The lowest BCUT2D eigenvalue weighted by atomic mass is 10.1. The van der Waals surface area contributed by atoms with Crippen molar-refractivity contribution in [3.63, 3.8) is 0 Å². The summed E-state index contributed by atoms with van der Waals surface area (Å²) in [5, 5.41) is 5.16. The third kappa shape index (κ3) is 1.40. The van der Waals surface area contributed by atoms with Crippen LogP contribution in [0.2, 0.25) is 0 Å². The molecule has 0 aliphatic rings. The average Bonchev–Trinajstić information content (AvgIpc) is 2.49. The Labute approximate surface area is 82.9 Å². The highest BCUT2D eigenvalue weighted by atomic mass is 16.5. The number of hydrogen-bond acceptors (Lipinski definition) is 3. The number of aromatic nitrogens is 1. The predicted octanol–water partition coefficient (Wildman–Crippen LogP) is 1.95. The Kier molecular flexibility index (Phi) is 2.25. The third-order valence-electron chi connectivity index (χ3n) is 2.37. The molecule has 1 heterocycles. The van der Waals surface area contributed by atoms with E-state index in [1.165, 1.54) is 11.1 Å². The van der Waals surface area contributed by atoms with E-state index in [2.05, 4.69) is 25.1 Å². The summed E-state index contributed by atoms with van der Waals surface area (Å²) in [5.74, 6) is 0. The van der Waals surface area contributed by atoms with E-state index >= 15 is 0 Å². The Morgan fingerprint density at radius 3 is 2.86 bits per heavy atom. The largest absolute Gasteiger partial charge is 0.356 e. The zero-order chi connectivity index (χ0) is 10.1. The molecule has 2 aromatic rings. The Morgan fingerprint density at radius 2 is 2.14 bits per heavy atom. The Morgan fingerprint density at radius 1 is 1.36 bits per heavy atom. The number of benzene rings is 1. The normalized spacial score (nSPS) is 11.1. The van der Waals surface area contributed by atoms with Crippen molar-refractivity contribution in [2.24, 2.45) is 5.73 Å². The van der Waals surface area contributed by atoms with Gasteiger partial charge in [-0.1, -0.05) is 11.2 Å². The van der Waals surface area contributed by atoms with Gasteiger partial charge in [0, 0.05) is 11.8 Å². The van der Waals surface area contributed by atoms with Crippen LogP contribution in [0.5, 0.6) is 0 Å². The van der Waals surface area contributed by atoms with Crippen LogP contribution in [0.4, 0.5) is 0 Å². The van der Waals surface area contributed by atoms with E-state index in [0.29, 0.717) is 6.54 Å². The van der Waals surface area contributed by atoms with E-state index in [9.17, 15) is 0 Å². The molecule has 0 fully saturated rings. The monoisotopic (exact) mass is 190 g/mol. The van der Waals surface area contributed by atoms with E-state index in [0.717, 1.165) is 23.1 Å². The first-order valence-electron chi connectivity index (χ1n) is 4.78. The summed E-state index contributed by atoms with van der Waals surface area (Å²) in [6.45, 7) is 4.74. The SMILES string of the molecule is Cc1cc(C)c2c(CCN)noc2c1. The molecule has 0 unspecified atom stereocenters. The summed E-state index contributed by atoms with van der Waals surface area (Å²) in [6.07, 6.45) is 0.775. The Bertz CT molecular complexity index is 460. The minimum Gasteiger partial charge on any atom is -0.356 e. The van der Waals surface area contributed by atoms with Crippen molar-refractivity contribution in [1.29, 1.82) is 0 Å². The van der Waals surface area contributed by atoms with Crippen LogP contribution in [0.1, 0.15) is 16.8 Å². The van der Waals surface area contributed by atoms with Crippen LogP contribution in [-0.2, 0) is 6.42 Å². The fourth-order valence-electron chi connectivity index (χ4n) is 1.83. The number of aryl methyl sites for hydroxylation is 2. The Hall–Kier alpha value is -1.35. The standard InChI is InChI=1S/C11H14N2O/c1-7-5-8(2)11-9(3-4-12)13-14-10(11)6-7/h5-6H,3-4,12H2,1-2H3. The lowest BCUT2D eigenvalue weighted by Crippen LogP contribution is -2.03. The molecule has 0 bridgehead atoms. The molecule has 2 rings (SSSR count). The average molecular weight is 190 g/mol. The van der Waals surface area contributed by atoms with Crippen LogP contribution < -0.4 is 5.73 Å². The number of hydrogen-bond donors (Lipinski definition) is 1. The van der Waals surface area contributed by atoms with E-state index in [1.54, 1.807) is 0 Å². The van der Waals surface area contributed by atoms with Crippen LogP contribution in [0.3, 0.4) is 0 Å². The fourth-order valence-corrected chi connectivity index (χ4v) is 1.83. The molecule has 3 heteroatoms. The maximum Gasteiger partial charge on any atom is 0.167 e. The first kappa shape index (κ1) is 9.21. The van der Waals surface area contributed by atoms with Crippen molar-refractivity contribution >= 4 is 11.0 Å². The molecule has 1 aromatic heterocycles. The molecule has 3 nitrogen and oxygen atoms in total. The maximum absolute atomic E-state index is 5.51. The van der Waals surface area contributed by atoms with Crippen molar-refractivity contribution in [3.05, 3.63) is 29.0 Å². The van der Waals surface area contributed by atoms with Gasteiger partial charge in [0.2, 0.25) is 0 Å². The molecule has 0 aliphatic heterocycles. The zero-order valence-electron chi connectivity index (χ0n) is 8.50. The molecule has 0 saturated carbocycles. The van der Waals surface area contributed by atoms with Crippen LogP contribution >= 0.6 is 0 Å². The second kappa shape index (κ2) is 3.42. The molecule has 0 saturated heterocycles. The van der Waals surface area contributed by atoms with E-state index < -0.39 is 0 Å². The summed E-state index contributed by atoms with van der Waals surface area (Å²) in [4.78, 5) is 0. The quantitative estimate of drug-likeness (QED) is 0.787. The smallest absolute Gasteiger partial charge is 0.167 e. The Balaban J connectivity index is 2.66. The molecule has 0 atom stereocenters. The summed E-state index contributed by atoms with van der Waals surface area (Å²) in [7, 11) is 0. The van der Waals surface area contributed by atoms with Gasteiger partial charge < -0.3 is 10.3 Å². The van der Waals surface area contributed by atoms with Gasteiger partial charge in [-0.05, 0) is 37.6 Å². The van der Waals surface area contributed by atoms with Gasteiger partial charge in [0.1, 0.15) is 0 Å². The second-order valence-corrected chi connectivity index (χ2v) is 3.62. The summed E-state index contributed by atoms with van der Waals surface area (Å²) in [6, 6.07) is 4.15. The van der Waals surface area contributed by atoms with Gasteiger partial charge in [-0.2, -0.15) is 0 Å². The lowest BCUT2D eigenvalue weighted by molar-refractivity contribution is 0.446. The number of fused-ring (bicyclic) bond motifs is 1. The van der Waals surface area contributed by atoms with Gasteiger partial charge in [-0.3, -0.25) is 0 Å². The predicted molar refractivity (Wildman–Crippen MR) is 56.2 cm³/mol. The minimum atomic E-state index is 0.606. The van der Waals surface area contributed by atoms with Crippen molar-refractivity contribution in [3.8, 4) is 0 Å². The molecule has 1 aromatic carbocycles. The molecular formula is C11H14N2O. The number of nitrogens with zero attached hydrogens (tertiary/aromatic N) is 1. The first-order valence-corrected chi connectivity index (χ1v) is 4.78. The molecule has 0 spiro atoms. The molecule has 0 amide bonds. The highest BCUT2D eigenvalue weighted by Crippen LogP contribution is 2.24. The third-order valence-corrected chi connectivity index (χ3v) is 2.37. The molecular weight excluding hydrogens is 176 g/mol. The van der Waals surface area contributed by atoms with Gasteiger partial charge in [-0.25, -0.2) is 0 Å². The first-order chi connectivity index (χ1) is 6.72. The topological polar surface area (TPSA) is 52.0 Å². The number of rotatable bonds is 2. The summed E-state index contributed by atoms with van der Waals surface area (Å²) >= 11 is 0. The number of nitrogens with two attached hydrogens (primary N) is 1. The van der Waals surface area contributed by atoms with Gasteiger partial charge in [0.05, 0.1) is 5.69 Å². The molecule has 0 radical (unpaired) electrons. The van der Waals surface area contributed by atoms with Gasteiger partial charge in [0.25, 0.3) is 0 Å². The van der Waals surface area contributed by atoms with Crippen LogP contribution in [0.15, 0.2) is 16.7 Å². The van der Waals surface area contributed by atoms with Crippen LogP contribution in [0.25, 0.3) is 11.0 Å². The zero-order valence-corrected chi connectivity index (χ0v) is 8.50. The van der Waals surface area contributed by atoms with E-state index in [-0.39, 0.29) is 0 Å². The highest BCUT2D eigenvalue weighted by Gasteiger charge is 2.09. The van der Waals surface area contributed by atoms with Gasteiger partial charge in [0.15, 0.2) is 5.58 Å². The van der Waals surface area contributed by atoms with Gasteiger partial charge in [-0.15, -0.1) is 0 Å². The van der Waals surface area contributed by atoms with Crippen molar-refractivity contribution in [2.45, 2.75) is 20.3 Å². The van der Waals surface area contributed by atoms with Gasteiger partial charge >= 0.3 is 0 Å². The summed E-state index contributed by atoms with van der Waals surface area (Å²) < 4.78 is 5.26. The molecule has 74 valence electrons. The molecule has 2 N–H and O–H groups in total. The molecule has 14 heavy (non-hydrogen) atoms. The second-order valence-electron chi connectivity index (χ2n) is 3.62. The van der Waals surface area contributed by atoms with Crippen LogP contribution in [0, 0.1) is 13.8 Å². The summed E-state index contributed by atoms with van der Waals surface area (Å²) in [5.41, 5.74) is 9.76. The fraction of sp³-hybridized carbons (Fsp3) is 0.364. The van der Waals surface area contributed by atoms with E-state index in [4.69, 9.17) is 10.3 Å². The van der Waals surface area contributed by atoms with Crippen molar-refractivity contribution in [1.82, 2.24) is 5.16 Å². The minimum absolute atomic E-state index is 0.606. The lowest BCUT2D eigenvalue weighted by Gasteiger charge is -1.98.